The molecule has 1 nitrogen and oxygen atoms in total. The van der Waals surface area contributed by atoms with Gasteiger partial charge in [0.25, 0.3) is 0 Å². The molecule has 0 aromatic heterocycles. The predicted octanol–water partition coefficient (Wildman–Crippen LogP) is 4.94. The molecule has 0 spiro atoms. The summed E-state index contributed by atoms with van der Waals surface area (Å²) < 4.78 is 13.9. The number of hydrogen-bond acceptors (Lipinski definition) is 1. The van der Waals surface area contributed by atoms with Crippen molar-refractivity contribution in [3.05, 3.63) is 34.1 Å². The standard InChI is InChI=1S/C16H25BrFN/c1-5-10-19-15(16(2,3)4)9-7-12-6-8-13(18)11-14(12)17/h6,8,11,15,19H,5,7,9-10H2,1-4H3. The third-order valence-electron chi connectivity index (χ3n) is 3.40. The highest BCUT2D eigenvalue weighted by Gasteiger charge is 2.23. The molecule has 0 aliphatic rings. The van der Waals surface area contributed by atoms with E-state index in [1.807, 2.05) is 6.07 Å². The molecule has 0 amide bonds. The van der Waals surface area contributed by atoms with Gasteiger partial charge in [0.05, 0.1) is 0 Å². The van der Waals surface area contributed by atoms with Crippen molar-refractivity contribution < 1.29 is 4.39 Å². The van der Waals surface area contributed by atoms with E-state index in [1.54, 1.807) is 6.07 Å². The number of nitrogens with one attached hydrogen (secondary N) is 1. The minimum Gasteiger partial charge on any atom is -0.313 e. The van der Waals surface area contributed by atoms with Crippen LogP contribution in [0.5, 0.6) is 0 Å². The van der Waals surface area contributed by atoms with Crippen molar-refractivity contribution in [2.24, 2.45) is 5.41 Å². The summed E-state index contributed by atoms with van der Waals surface area (Å²) in [7, 11) is 0. The van der Waals surface area contributed by atoms with Crippen LogP contribution < -0.4 is 5.32 Å². The maximum Gasteiger partial charge on any atom is 0.124 e. The number of hydrogen-bond donors (Lipinski definition) is 1. The van der Waals surface area contributed by atoms with Crippen LogP contribution in [-0.4, -0.2) is 12.6 Å². The van der Waals surface area contributed by atoms with E-state index in [0.717, 1.165) is 30.3 Å². The zero-order valence-electron chi connectivity index (χ0n) is 12.4. The third kappa shape index (κ3) is 5.62. The van der Waals surface area contributed by atoms with Gasteiger partial charge in [0.2, 0.25) is 0 Å². The first kappa shape index (κ1) is 16.6. The van der Waals surface area contributed by atoms with Gasteiger partial charge in [0.1, 0.15) is 5.82 Å². The largest absolute Gasteiger partial charge is 0.313 e. The normalized spacial score (nSPS) is 13.6. The predicted molar refractivity (Wildman–Crippen MR) is 84.0 cm³/mol. The summed E-state index contributed by atoms with van der Waals surface area (Å²) in [5.41, 5.74) is 1.41. The number of rotatable bonds is 6. The molecule has 1 atom stereocenters. The molecule has 0 aliphatic heterocycles. The maximum absolute atomic E-state index is 13.1. The summed E-state index contributed by atoms with van der Waals surface area (Å²) >= 11 is 3.44. The van der Waals surface area contributed by atoms with E-state index in [0.29, 0.717) is 6.04 Å². The van der Waals surface area contributed by atoms with Crippen LogP contribution in [0.3, 0.4) is 0 Å². The lowest BCUT2D eigenvalue weighted by Crippen LogP contribution is -2.41. The van der Waals surface area contributed by atoms with Crippen LogP contribution in [0.4, 0.5) is 4.39 Å². The van der Waals surface area contributed by atoms with Crippen LogP contribution in [-0.2, 0) is 6.42 Å². The summed E-state index contributed by atoms with van der Waals surface area (Å²) in [6, 6.07) is 5.43. The molecule has 108 valence electrons. The Hall–Kier alpha value is -0.410. The fourth-order valence-electron chi connectivity index (χ4n) is 2.18. The van der Waals surface area contributed by atoms with Gasteiger partial charge in [0.15, 0.2) is 0 Å². The molecule has 1 N–H and O–H groups in total. The van der Waals surface area contributed by atoms with E-state index in [-0.39, 0.29) is 11.2 Å². The van der Waals surface area contributed by atoms with E-state index in [1.165, 1.54) is 11.6 Å². The second-order valence-corrected chi connectivity index (χ2v) is 7.00. The fourth-order valence-corrected chi connectivity index (χ4v) is 2.73. The minimum absolute atomic E-state index is 0.188. The second-order valence-electron chi connectivity index (χ2n) is 6.15. The third-order valence-corrected chi connectivity index (χ3v) is 4.14. The van der Waals surface area contributed by atoms with E-state index < -0.39 is 0 Å². The van der Waals surface area contributed by atoms with Crippen molar-refractivity contribution in [3.8, 4) is 0 Å². The monoisotopic (exact) mass is 329 g/mol. The lowest BCUT2D eigenvalue weighted by Gasteiger charge is -2.32. The fraction of sp³-hybridized carbons (Fsp3) is 0.625. The van der Waals surface area contributed by atoms with Gasteiger partial charge >= 0.3 is 0 Å². The average Bonchev–Trinajstić information content (AvgIpc) is 2.29. The van der Waals surface area contributed by atoms with Crippen molar-refractivity contribution in [1.82, 2.24) is 5.32 Å². The zero-order valence-corrected chi connectivity index (χ0v) is 14.0. The Kier molecular flexibility index (Phi) is 6.48. The summed E-state index contributed by atoms with van der Waals surface area (Å²) in [5, 5.41) is 3.62. The molecule has 1 aromatic carbocycles. The van der Waals surface area contributed by atoms with Gasteiger partial charge in [-0.3, -0.25) is 0 Å². The van der Waals surface area contributed by atoms with Crippen LogP contribution in [0, 0.1) is 11.2 Å². The number of halogens is 2. The second kappa shape index (κ2) is 7.39. The molecule has 0 bridgehead atoms. The van der Waals surface area contributed by atoms with Crippen molar-refractivity contribution in [1.29, 1.82) is 0 Å². The Morgan fingerprint density at radius 1 is 1.32 bits per heavy atom. The molecular weight excluding hydrogens is 305 g/mol. The molecular formula is C16H25BrFN. The Labute approximate surface area is 125 Å². The van der Waals surface area contributed by atoms with E-state index >= 15 is 0 Å². The summed E-state index contributed by atoms with van der Waals surface area (Å²) in [5.74, 6) is -0.188. The molecule has 0 radical (unpaired) electrons. The molecule has 0 aliphatic carbocycles. The Morgan fingerprint density at radius 2 is 2.00 bits per heavy atom. The zero-order chi connectivity index (χ0) is 14.5. The van der Waals surface area contributed by atoms with Gasteiger partial charge in [-0.2, -0.15) is 0 Å². The first-order valence-corrected chi connectivity index (χ1v) is 7.81. The van der Waals surface area contributed by atoms with E-state index in [9.17, 15) is 4.39 Å². The lowest BCUT2D eigenvalue weighted by molar-refractivity contribution is 0.255. The highest BCUT2D eigenvalue weighted by Crippen LogP contribution is 2.25. The Bertz CT molecular complexity index is 398. The highest BCUT2D eigenvalue weighted by atomic mass is 79.9. The van der Waals surface area contributed by atoms with Crippen LogP contribution in [0.2, 0.25) is 0 Å². The Morgan fingerprint density at radius 3 is 2.53 bits per heavy atom. The first-order chi connectivity index (χ1) is 8.84. The lowest BCUT2D eigenvalue weighted by atomic mass is 9.83. The molecule has 0 fully saturated rings. The SMILES string of the molecule is CCCNC(CCc1ccc(F)cc1Br)C(C)(C)C. The summed E-state index contributed by atoms with van der Waals surface area (Å²) in [6.07, 6.45) is 3.17. The van der Waals surface area contributed by atoms with Gasteiger partial charge in [-0.25, -0.2) is 4.39 Å². The van der Waals surface area contributed by atoms with Crippen molar-refractivity contribution in [2.45, 2.75) is 53.0 Å². The van der Waals surface area contributed by atoms with Crippen LogP contribution >= 0.6 is 15.9 Å². The quantitative estimate of drug-likeness (QED) is 0.779. The van der Waals surface area contributed by atoms with Crippen molar-refractivity contribution >= 4 is 15.9 Å². The topological polar surface area (TPSA) is 12.0 Å². The Balaban J connectivity index is 2.65. The molecule has 0 saturated carbocycles. The molecule has 3 heteroatoms. The van der Waals surface area contributed by atoms with Crippen LogP contribution in [0.1, 0.15) is 46.1 Å². The number of benzene rings is 1. The summed E-state index contributed by atoms with van der Waals surface area (Å²) in [6.45, 7) is 10.0. The molecule has 0 saturated heterocycles. The van der Waals surface area contributed by atoms with Gasteiger partial charge < -0.3 is 5.32 Å². The smallest absolute Gasteiger partial charge is 0.124 e. The maximum atomic E-state index is 13.1. The highest BCUT2D eigenvalue weighted by molar-refractivity contribution is 9.10. The van der Waals surface area contributed by atoms with Crippen molar-refractivity contribution in [2.75, 3.05) is 6.54 Å². The first-order valence-electron chi connectivity index (χ1n) is 7.02. The molecule has 0 heterocycles. The molecule has 1 rings (SSSR count). The van der Waals surface area contributed by atoms with Crippen LogP contribution in [0.25, 0.3) is 0 Å². The van der Waals surface area contributed by atoms with Crippen LogP contribution in [0.15, 0.2) is 22.7 Å². The van der Waals surface area contributed by atoms with Gasteiger partial charge in [0, 0.05) is 10.5 Å². The molecule has 19 heavy (non-hydrogen) atoms. The average molecular weight is 330 g/mol. The molecule has 1 aromatic rings. The van der Waals surface area contributed by atoms with E-state index in [4.69, 9.17) is 0 Å². The van der Waals surface area contributed by atoms with Gasteiger partial charge in [-0.15, -0.1) is 0 Å². The minimum atomic E-state index is -0.188. The van der Waals surface area contributed by atoms with Crippen molar-refractivity contribution in [3.63, 3.8) is 0 Å². The number of aryl methyl sites for hydroxylation is 1. The van der Waals surface area contributed by atoms with Gasteiger partial charge in [-0.05, 0) is 48.9 Å². The van der Waals surface area contributed by atoms with E-state index in [2.05, 4.69) is 48.9 Å². The molecule has 1 unspecified atom stereocenters. The summed E-state index contributed by atoms with van der Waals surface area (Å²) in [4.78, 5) is 0. The van der Waals surface area contributed by atoms with Gasteiger partial charge in [-0.1, -0.05) is 49.7 Å².